The zero-order chi connectivity index (χ0) is 21.9. The fourth-order valence-electron chi connectivity index (χ4n) is 2.30. The largest absolute Gasteiger partial charge is 1.00 e. The predicted molar refractivity (Wildman–Crippen MR) is 95.2 cm³/mol. The van der Waals surface area contributed by atoms with Crippen molar-refractivity contribution in [2.45, 2.75) is 38.1 Å². The van der Waals surface area contributed by atoms with Gasteiger partial charge in [-0.3, -0.25) is 4.79 Å². The van der Waals surface area contributed by atoms with Gasteiger partial charge in [0.2, 0.25) is 0 Å². The number of methoxy groups -OCH3 is 1. The molecule has 30 heavy (non-hydrogen) atoms. The van der Waals surface area contributed by atoms with E-state index in [1.807, 2.05) is 0 Å². The number of quaternary nitrogens is 1. The molecule has 0 aromatic heterocycles. The molecule has 8 nitrogen and oxygen atoms in total. The first-order chi connectivity index (χ1) is 13.7. The Morgan fingerprint density at radius 1 is 1.13 bits per heavy atom. The van der Waals surface area contributed by atoms with E-state index in [9.17, 15) is 27.6 Å². The molecule has 0 saturated carbocycles. The van der Waals surface area contributed by atoms with Crippen molar-refractivity contribution < 1.29 is 55.2 Å². The van der Waals surface area contributed by atoms with Gasteiger partial charge in [-0.05, 0) is 37.0 Å². The van der Waals surface area contributed by atoms with Gasteiger partial charge in [0.1, 0.15) is 12.6 Å². The number of ether oxygens (including phenoxy) is 2. The molecule has 1 aromatic carbocycles. The van der Waals surface area contributed by atoms with Crippen molar-refractivity contribution in [3.8, 4) is 0 Å². The molecule has 1 rings (SSSR count). The number of hydrogen-bond acceptors (Lipinski definition) is 5. The maximum Gasteiger partial charge on any atom is 0.416 e. The number of halogens is 4. The Balaban J connectivity index is 0.00000841. The van der Waals surface area contributed by atoms with Gasteiger partial charge in [0.15, 0.2) is 6.54 Å². The van der Waals surface area contributed by atoms with Crippen LogP contribution in [0.4, 0.5) is 18.0 Å². The molecule has 0 spiro atoms. The molecule has 5 N–H and O–H groups in total. The minimum absolute atomic E-state index is 0. The topological polar surface area (TPSA) is 121 Å². The molecule has 0 radical (unpaired) electrons. The van der Waals surface area contributed by atoms with E-state index in [4.69, 9.17) is 4.74 Å². The van der Waals surface area contributed by atoms with Gasteiger partial charge in [0.05, 0.1) is 12.7 Å². The number of alkyl carbamates (subject to hydrolysis) is 1. The van der Waals surface area contributed by atoms with Gasteiger partial charge >= 0.3 is 18.2 Å². The van der Waals surface area contributed by atoms with Crippen molar-refractivity contribution >= 4 is 18.0 Å². The number of carbonyl (C=O) groups is 3. The Kier molecular flexibility index (Phi) is 12.5. The highest BCUT2D eigenvalue weighted by Crippen LogP contribution is 2.29. The monoisotopic (exact) mass is 455 g/mol. The molecule has 0 bridgehead atoms. The van der Waals surface area contributed by atoms with Crippen LogP contribution in [0.3, 0.4) is 0 Å². The summed E-state index contributed by atoms with van der Waals surface area (Å²) in [5.74, 6) is -0.835. The molecule has 0 unspecified atom stereocenters. The van der Waals surface area contributed by atoms with Crippen molar-refractivity contribution in [2.24, 2.45) is 0 Å². The van der Waals surface area contributed by atoms with Crippen molar-refractivity contribution in [2.75, 3.05) is 20.2 Å². The van der Waals surface area contributed by atoms with E-state index in [0.717, 1.165) is 12.1 Å². The number of esters is 1. The van der Waals surface area contributed by atoms with Gasteiger partial charge < -0.3 is 38.2 Å². The van der Waals surface area contributed by atoms with Crippen LogP contribution in [0.25, 0.3) is 0 Å². The molecule has 170 valence electrons. The van der Waals surface area contributed by atoms with Crippen molar-refractivity contribution in [1.29, 1.82) is 0 Å². The summed E-state index contributed by atoms with van der Waals surface area (Å²) < 4.78 is 47.2. The maximum atomic E-state index is 12.5. The fraction of sp³-hybridized carbons (Fsp3) is 0.500. The van der Waals surface area contributed by atoms with Crippen LogP contribution in [0.2, 0.25) is 0 Å². The second-order valence-electron chi connectivity index (χ2n) is 6.09. The Hall–Kier alpha value is -2.53. The highest BCUT2D eigenvalue weighted by molar-refractivity contribution is 5.81. The van der Waals surface area contributed by atoms with E-state index in [0.29, 0.717) is 24.9 Å². The first kappa shape index (κ1) is 27.5. The molecular weight excluding hydrogens is 431 g/mol. The second-order valence-corrected chi connectivity index (χ2v) is 6.09. The van der Waals surface area contributed by atoms with E-state index in [-0.39, 0.29) is 37.9 Å². The normalized spacial score (nSPS) is 11.6. The molecule has 0 aliphatic carbocycles. The lowest BCUT2D eigenvalue weighted by Gasteiger charge is -2.16. The van der Waals surface area contributed by atoms with Crippen molar-refractivity contribution in [1.82, 2.24) is 10.6 Å². The summed E-state index contributed by atoms with van der Waals surface area (Å²) in [7, 11) is 1.18. The number of carbonyl (C=O) groups excluding carboxylic acids is 3. The molecule has 12 heteroatoms. The predicted octanol–water partition coefficient (Wildman–Crippen LogP) is -1.99. The van der Waals surface area contributed by atoms with E-state index >= 15 is 0 Å². The number of amides is 2. The molecule has 1 atom stereocenters. The minimum Gasteiger partial charge on any atom is -1.00 e. The fourth-order valence-corrected chi connectivity index (χ4v) is 2.30. The van der Waals surface area contributed by atoms with Crippen LogP contribution >= 0.6 is 0 Å². The quantitative estimate of drug-likeness (QED) is 0.278. The molecule has 0 aliphatic heterocycles. The number of alkyl halides is 3. The van der Waals surface area contributed by atoms with E-state index in [1.165, 1.54) is 19.2 Å². The van der Waals surface area contributed by atoms with Gasteiger partial charge in [-0.2, -0.15) is 13.2 Å². The number of benzene rings is 1. The highest BCUT2D eigenvalue weighted by Gasteiger charge is 2.30. The third-order valence-corrected chi connectivity index (χ3v) is 3.90. The lowest BCUT2D eigenvalue weighted by Crippen LogP contribution is -3.00. The third-order valence-electron chi connectivity index (χ3n) is 3.90. The zero-order valence-electron chi connectivity index (χ0n) is 16.4. The van der Waals surface area contributed by atoms with E-state index in [2.05, 4.69) is 21.1 Å². The number of hydrogen-bond donors (Lipinski definition) is 3. The minimum atomic E-state index is -4.44. The zero-order valence-corrected chi connectivity index (χ0v) is 17.1. The number of rotatable bonds is 10. The first-order valence-electron chi connectivity index (χ1n) is 8.90. The van der Waals surface area contributed by atoms with Gasteiger partial charge in [0, 0.05) is 6.54 Å². The van der Waals surface area contributed by atoms with Crippen LogP contribution < -0.4 is 28.8 Å². The Morgan fingerprint density at radius 2 is 1.77 bits per heavy atom. The van der Waals surface area contributed by atoms with E-state index < -0.39 is 29.8 Å². The lowest BCUT2D eigenvalue weighted by molar-refractivity contribution is -0.355. The standard InChI is InChI=1S/C18H24F3N3O5.ClH/c1-28-16(26)14(4-2-3-9-23-15(25)10-22)24-17(27)29-11-12-5-7-13(8-6-12)18(19,20)21;/h5-8,14H,2-4,9-11,22H2,1H3,(H,23,25)(H,24,27);1H/t14-;/m0./s1. The molecule has 0 fully saturated rings. The van der Waals surface area contributed by atoms with Crippen LogP contribution in [0, 0.1) is 0 Å². The maximum absolute atomic E-state index is 12.5. The summed E-state index contributed by atoms with van der Waals surface area (Å²) >= 11 is 0. The third kappa shape index (κ3) is 10.3. The van der Waals surface area contributed by atoms with Crippen LogP contribution in [-0.4, -0.2) is 44.2 Å². The summed E-state index contributed by atoms with van der Waals surface area (Å²) in [5, 5.41) is 5.01. The lowest BCUT2D eigenvalue weighted by atomic mass is 10.1. The second kappa shape index (κ2) is 13.6. The van der Waals surface area contributed by atoms with Gasteiger partial charge in [0.25, 0.3) is 5.91 Å². The van der Waals surface area contributed by atoms with Crippen LogP contribution in [-0.2, 0) is 31.8 Å². The molecule has 2 amide bonds. The average Bonchev–Trinajstić information content (AvgIpc) is 2.69. The Labute approximate surface area is 178 Å². The summed E-state index contributed by atoms with van der Waals surface area (Å²) in [5.41, 5.74) is 3.01. The summed E-state index contributed by atoms with van der Waals surface area (Å²) in [4.78, 5) is 34.8. The van der Waals surface area contributed by atoms with Gasteiger partial charge in [-0.15, -0.1) is 0 Å². The number of unbranched alkanes of at least 4 members (excludes halogenated alkanes) is 1. The van der Waals surface area contributed by atoms with E-state index in [1.54, 1.807) is 0 Å². The molecule has 0 aliphatic rings. The highest BCUT2D eigenvalue weighted by atomic mass is 35.5. The summed E-state index contributed by atoms with van der Waals surface area (Å²) in [6.07, 6.45) is -3.97. The summed E-state index contributed by atoms with van der Waals surface area (Å²) in [6.45, 7) is 0.298. The molecule has 0 saturated heterocycles. The SMILES string of the molecule is COC(=O)[C@H](CCCCNC(=O)C[NH3+])NC(=O)OCc1ccc(C(F)(F)F)cc1.[Cl-]. The van der Waals surface area contributed by atoms with Gasteiger partial charge in [-0.1, -0.05) is 12.1 Å². The Bertz CT molecular complexity index is 687. The van der Waals surface area contributed by atoms with Crippen molar-refractivity contribution in [3.63, 3.8) is 0 Å². The van der Waals surface area contributed by atoms with Crippen LogP contribution in [0.5, 0.6) is 0 Å². The Morgan fingerprint density at radius 3 is 2.30 bits per heavy atom. The van der Waals surface area contributed by atoms with Crippen LogP contribution in [0.15, 0.2) is 24.3 Å². The van der Waals surface area contributed by atoms with Gasteiger partial charge in [-0.25, -0.2) is 9.59 Å². The smallest absolute Gasteiger partial charge is 0.416 e. The molecule has 0 heterocycles. The molecule has 1 aromatic rings. The molecular formula is C18H25ClF3N3O5. The van der Waals surface area contributed by atoms with Crippen molar-refractivity contribution in [3.05, 3.63) is 35.4 Å². The van der Waals surface area contributed by atoms with Crippen LogP contribution in [0.1, 0.15) is 30.4 Å². The summed E-state index contributed by atoms with van der Waals surface area (Å²) in [6, 6.07) is 3.24. The average molecular weight is 456 g/mol. The first-order valence-corrected chi connectivity index (χ1v) is 8.90. The number of nitrogens with one attached hydrogen (secondary N) is 2.